The highest BCUT2D eigenvalue weighted by molar-refractivity contribution is 7.92. The Hall–Kier alpha value is -2.61. The summed E-state index contributed by atoms with van der Waals surface area (Å²) in [5.41, 5.74) is 2.92. The number of benzene rings is 1. The maximum atomic E-state index is 12.5. The molecule has 144 valence electrons. The van der Waals surface area contributed by atoms with Crippen LogP contribution in [-0.2, 0) is 14.8 Å². The molecule has 1 saturated carbocycles. The third-order valence-corrected chi connectivity index (χ3v) is 5.04. The predicted octanol–water partition coefficient (Wildman–Crippen LogP) is 2.85. The van der Waals surface area contributed by atoms with E-state index in [1.165, 1.54) is 24.3 Å². The monoisotopic (exact) mass is 390 g/mol. The molecular weight excluding hydrogens is 368 g/mol. The van der Waals surface area contributed by atoms with Crippen molar-refractivity contribution < 1.29 is 22.7 Å². The van der Waals surface area contributed by atoms with Crippen molar-refractivity contribution in [3.8, 4) is 0 Å². The van der Waals surface area contributed by atoms with Gasteiger partial charge in [0, 0.05) is 28.7 Å². The number of rotatable bonds is 7. The van der Waals surface area contributed by atoms with Gasteiger partial charge in [-0.25, -0.2) is 13.2 Å². The van der Waals surface area contributed by atoms with Gasteiger partial charge in [-0.3, -0.25) is 9.52 Å². The summed E-state index contributed by atoms with van der Waals surface area (Å²) in [5.74, 6) is -0.940. The fourth-order valence-corrected chi connectivity index (χ4v) is 3.73. The second-order valence-corrected chi connectivity index (χ2v) is 8.59. The van der Waals surface area contributed by atoms with E-state index in [-0.39, 0.29) is 23.6 Å². The van der Waals surface area contributed by atoms with Gasteiger partial charge in [0.1, 0.15) is 0 Å². The van der Waals surface area contributed by atoms with Crippen LogP contribution in [0.1, 0.15) is 51.0 Å². The standard InChI is InChI=1S/C19H22N2O5S/c1-12-9-17(13(2)21(12)16-7-8-16)18(22)11-26-19(23)14-5-4-6-15(10-14)20-27(3,24)25/h4-6,9-10,16,20H,7-8,11H2,1-3H3. The number of esters is 1. The summed E-state index contributed by atoms with van der Waals surface area (Å²) in [4.78, 5) is 24.7. The van der Waals surface area contributed by atoms with Gasteiger partial charge in [-0.05, 0) is 51.0 Å². The Morgan fingerprint density at radius 3 is 2.56 bits per heavy atom. The molecular formula is C19H22N2O5S. The van der Waals surface area contributed by atoms with E-state index >= 15 is 0 Å². The number of carbonyl (C=O) groups is 2. The fourth-order valence-electron chi connectivity index (χ4n) is 3.17. The zero-order chi connectivity index (χ0) is 19.8. The summed E-state index contributed by atoms with van der Waals surface area (Å²) in [6.45, 7) is 3.51. The predicted molar refractivity (Wildman–Crippen MR) is 102 cm³/mol. The van der Waals surface area contributed by atoms with Gasteiger partial charge >= 0.3 is 5.97 Å². The number of sulfonamides is 1. The number of hydrogen-bond donors (Lipinski definition) is 1. The lowest BCUT2D eigenvalue weighted by atomic mass is 10.1. The lowest BCUT2D eigenvalue weighted by Crippen LogP contribution is -2.15. The van der Waals surface area contributed by atoms with Gasteiger partial charge in [0.15, 0.2) is 6.61 Å². The SMILES string of the molecule is Cc1cc(C(=O)COC(=O)c2cccc(NS(C)(=O)=O)c2)c(C)n1C1CC1. The summed E-state index contributed by atoms with van der Waals surface area (Å²) in [6.07, 6.45) is 3.27. The van der Waals surface area contributed by atoms with Gasteiger partial charge in [-0.15, -0.1) is 0 Å². The first-order valence-corrected chi connectivity index (χ1v) is 10.5. The summed E-state index contributed by atoms with van der Waals surface area (Å²) in [5, 5.41) is 0. The minimum atomic E-state index is -3.45. The number of aromatic nitrogens is 1. The first-order valence-electron chi connectivity index (χ1n) is 8.62. The zero-order valence-electron chi connectivity index (χ0n) is 15.5. The van der Waals surface area contributed by atoms with Gasteiger partial charge in [-0.1, -0.05) is 6.07 Å². The van der Waals surface area contributed by atoms with Crippen molar-refractivity contribution in [2.24, 2.45) is 0 Å². The molecule has 0 amide bonds. The van der Waals surface area contributed by atoms with Crippen LogP contribution >= 0.6 is 0 Å². The number of ether oxygens (including phenoxy) is 1. The van der Waals surface area contributed by atoms with Crippen molar-refractivity contribution in [3.63, 3.8) is 0 Å². The maximum absolute atomic E-state index is 12.5. The molecule has 0 unspecified atom stereocenters. The van der Waals surface area contributed by atoms with Crippen molar-refractivity contribution in [1.82, 2.24) is 4.57 Å². The first-order chi connectivity index (χ1) is 12.7. The smallest absolute Gasteiger partial charge is 0.338 e. The largest absolute Gasteiger partial charge is 0.454 e. The topological polar surface area (TPSA) is 94.5 Å². The molecule has 0 atom stereocenters. The molecule has 1 heterocycles. The van der Waals surface area contributed by atoms with Gasteiger partial charge in [0.25, 0.3) is 0 Å². The van der Waals surface area contributed by atoms with Crippen LogP contribution in [0.2, 0.25) is 0 Å². The van der Waals surface area contributed by atoms with Gasteiger partial charge in [0.05, 0.1) is 11.8 Å². The number of Topliss-reactive ketones (excluding diaryl/α,β-unsaturated/α-hetero) is 1. The first kappa shape index (κ1) is 19.2. The van der Waals surface area contributed by atoms with Crippen LogP contribution in [0, 0.1) is 13.8 Å². The number of nitrogens with zero attached hydrogens (tertiary/aromatic N) is 1. The quantitative estimate of drug-likeness (QED) is 0.579. The van der Waals surface area contributed by atoms with Crippen LogP contribution in [-0.4, -0.2) is 37.6 Å². The van der Waals surface area contributed by atoms with Crippen LogP contribution in [0.3, 0.4) is 0 Å². The normalized spacial score (nSPS) is 14.0. The van der Waals surface area contributed by atoms with Gasteiger partial charge in [0.2, 0.25) is 15.8 Å². The molecule has 1 fully saturated rings. The van der Waals surface area contributed by atoms with Crippen molar-refractivity contribution in [1.29, 1.82) is 0 Å². The number of nitrogens with one attached hydrogen (secondary N) is 1. The van der Waals surface area contributed by atoms with E-state index in [0.717, 1.165) is 30.5 Å². The van der Waals surface area contributed by atoms with E-state index in [2.05, 4.69) is 9.29 Å². The lowest BCUT2D eigenvalue weighted by Gasteiger charge is -2.08. The van der Waals surface area contributed by atoms with E-state index in [1.54, 1.807) is 0 Å². The summed E-state index contributed by atoms with van der Waals surface area (Å²) < 4.78 is 32.2. The molecule has 0 spiro atoms. The number of aryl methyl sites for hydroxylation is 1. The average molecular weight is 390 g/mol. The second kappa shape index (κ2) is 7.19. The van der Waals surface area contributed by atoms with E-state index < -0.39 is 16.0 Å². The van der Waals surface area contributed by atoms with Crippen LogP contribution in [0.4, 0.5) is 5.69 Å². The molecule has 0 saturated heterocycles. The summed E-state index contributed by atoms with van der Waals surface area (Å²) >= 11 is 0. The van der Waals surface area contributed by atoms with Gasteiger partial charge in [-0.2, -0.15) is 0 Å². The number of hydrogen-bond acceptors (Lipinski definition) is 5. The maximum Gasteiger partial charge on any atom is 0.338 e. The summed E-state index contributed by atoms with van der Waals surface area (Å²) in [6, 6.07) is 8.23. The highest BCUT2D eigenvalue weighted by atomic mass is 32.2. The molecule has 0 aliphatic heterocycles. The van der Waals surface area contributed by atoms with Gasteiger partial charge < -0.3 is 9.30 Å². The Kier molecular flexibility index (Phi) is 5.10. The molecule has 1 aromatic heterocycles. The molecule has 2 aromatic rings. The highest BCUT2D eigenvalue weighted by Crippen LogP contribution is 2.38. The van der Waals surface area contributed by atoms with E-state index in [0.29, 0.717) is 11.6 Å². The highest BCUT2D eigenvalue weighted by Gasteiger charge is 2.28. The van der Waals surface area contributed by atoms with Crippen LogP contribution in [0.15, 0.2) is 30.3 Å². The lowest BCUT2D eigenvalue weighted by molar-refractivity contribution is 0.0474. The van der Waals surface area contributed by atoms with E-state index in [9.17, 15) is 18.0 Å². The Labute approximate surface area is 158 Å². The molecule has 1 aliphatic carbocycles. The number of ketones is 1. The van der Waals surface area contributed by atoms with Crippen molar-refractivity contribution in [3.05, 3.63) is 52.8 Å². The molecule has 1 aliphatic rings. The molecule has 8 heteroatoms. The number of carbonyl (C=O) groups excluding carboxylic acids is 2. The molecule has 0 radical (unpaired) electrons. The van der Waals surface area contributed by atoms with Crippen LogP contribution < -0.4 is 4.72 Å². The molecule has 27 heavy (non-hydrogen) atoms. The molecule has 0 bridgehead atoms. The van der Waals surface area contributed by atoms with Crippen molar-refractivity contribution >= 4 is 27.5 Å². The minimum Gasteiger partial charge on any atom is -0.454 e. The minimum absolute atomic E-state index is 0.167. The number of anilines is 1. The zero-order valence-corrected chi connectivity index (χ0v) is 16.3. The molecule has 3 rings (SSSR count). The molecule has 1 aromatic carbocycles. The average Bonchev–Trinajstić information content (AvgIpc) is 3.36. The van der Waals surface area contributed by atoms with Crippen LogP contribution in [0.25, 0.3) is 0 Å². The fraction of sp³-hybridized carbons (Fsp3) is 0.368. The van der Waals surface area contributed by atoms with E-state index in [1.807, 2.05) is 19.9 Å². The summed E-state index contributed by atoms with van der Waals surface area (Å²) in [7, 11) is -3.45. The van der Waals surface area contributed by atoms with Crippen molar-refractivity contribution in [2.45, 2.75) is 32.7 Å². The Morgan fingerprint density at radius 2 is 1.93 bits per heavy atom. The van der Waals surface area contributed by atoms with E-state index in [4.69, 9.17) is 4.74 Å². The molecule has 7 nitrogen and oxygen atoms in total. The Bertz CT molecular complexity index is 1000. The van der Waals surface area contributed by atoms with Crippen LogP contribution in [0.5, 0.6) is 0 Å². The molecule has 1 N–H and O–H groups in total. The van der Waals surface area contributed by atoms with Crippen molar-refractivity contribution in [2.75, 3.05) is 17.6 Å². The second-order valence-electron chi connectivity index (χ2n) is 6.84. The third kappa shape index (κ3) is 4.57. The Balaban J connectivity index is 1.66. The Morgan fingerprint density at radius 1 is 1.22 bits per heavy atom. The third-order valence-electron chi connectivity index (χ3n) is 4.43.